The number of hydrogen-bond donors (Lipinski definition) is 1. The molecule has 2 bridgehead atoms. The zero-order valence-corrected chi connectivity index (χ0v) is 13.6. The maximum atomic E-state index is 11.0. The average Bonchev–Trinajstić information content (AvgIpc) is 2.60. The molecule has 4 aliphatic rings. The third kappa shape index (κ3) is 2.64. The van der Waals surface area contributed by atoms with Gasteiger partial charge in [0.1, 0.15) is 0 Å². The van der Waals surface area contributed by atoms with E-state index >= 15 is 0 Å². The highest BCUT2D eigenvalue weighted by Crippen LogP contribution is 2.39. The highest BCUT2D eigenvalue weighted by Gasteiger charge is 2.42. The van der Waals surface area contributed by atoms with E-state index in [2.05, 4.69) is 28.6 Å². The number of hydrogen-bond acceptors (Lipinski definition) is 3. The van der Waals surface area contributed by atoms with Crippen LogP contribution in [0.1, 0.15) is 19.8 Å². The zero-order chi connectivity index (χ0) is 15.7. The molecular formula is C19H26N2O. The van der Waals surface area contributed by atoms with Crippen molar-refractivity contribution in [3.8, 4) is 0 Å². The van der Waals surface area contributed by atoms with Crippen molar-refractivity contribution in [2.45, 2.75) is 31.9 Å². The van der Waals surface area contributed by atoms with Gasteiger partial charge in [-0.1, -0.05) is 24.3 Å². The van der Waals surface area contributed by atoms with Crippen LogP contribution in [0.4, 0.5) is 0 Å². The van der Waals surface area contributed by atoms with E-state index in [1.54, 1.807) is 7.05 Å². The van der Waals surface area contributed by atoms with Crippen LogP contribution in [-0.4, -0.2) is 48.0 Å². The zero-order valence-electron chi connectivity index (χ0n) is 13.6. The van der Waals surface area contributed by atoms with E-state index in [9.17, 15) is 5.11 Å². The molecule has 0 saturated carbocycles. The van der Waals surface area contributed by atoms with Crippen LogP contribution in [0.2, 0.25) is 0 Å². The molecule has 3 fully saturated rings. The Morgan fingerprint density at radius 3 is 2.86 bits per heavy atom. The topological polar surface area (TPSA) is 35.8 Å². The maximum Gasteiger partial charge on any atom is 0.0912 e. The van der Waals surface area contributed by atoms with Gasteiger partial charge in [-0.05, 0) is 49.8 Å². The summed E-state index contributed by atoms with van der Waals surface area (Å²) in [6.45, 7) is 8.16. The van der Waals surface area contributed by atoms with E-state index < -0.39 is 6.10 Å². The van der Waals surface area contributed by atoms with Crippen LogP contribution in [0.15, 0.2) is 53.1 Å². The first-order valence-electron chi connectivity index (χ1n) is 8.23. The van der Waals surface area contributed by atoms with E-state index in [0.717, 1.165) is 36.4 Å². The van der Waals surface area contributed by atoms with Gasteiger partial charge in [0.15, 0.2) is 0 Å². The van der Waals surface area contributed by atoms with Crippen molar-refractivity contribution in [2.24, 2.45) is 16.8 Å². The van der Waals surface area contributed by atoms with E-state index in [-0.39, 0.29) is 6.04 Å². The standard InChI is InChI=1S/C19H26N2O/c1-4-14-12-21-10-9-15(14)11-18(21)19(22)13(2)16-7-5-6-8-17(16)20-3/h4-8,14-15,18-19,22H,1,9-12H2,2-3H3/b16-13+,20-17?/t14-,15-,18-,19+/m0/s1. The molecule has 3 aliphatic heterocycles. The SMILES string of the molecule is C=C[C@H]1CN2CC[C@H]1C[C@H]2[C@H](O)/C(C)=C1\C=CC=CC1=NC. The molecule has 1 N–H and O–H groups in total. The van der Waals surface area contributed by atoms with E-state index in [4.69, 9.17) is 0 Å². The van der Waals surface area contributed by atoms with Gasteiger partial charge < -0.3 is 5.11 Å². The fraction of sp³-hybridized carbons (Fsp3) is 0.526. The van der Waals surface area contributed by atoms with Crippen LogP contribution in [-0.2, 0) is 0 Å². The number of rotatable bonds is 3. The summed E-state index contributed by atoms with van der Waals surface area (Å²) in [7, 11) is 1.80. The molecule has 4 rings (SSSR count). The van der Waals surface area contributed by atoms with Gasteiger partial charge in [-0.2, -0.15) is 0 Å². The molecule has 0 radical (unpaired) electrons. The van der Waals surface area contributed by atoms with Gasteiger partial charge >= 0.3 is 0 Å². The van der Waals surface area contributed by atoms with Crippen molar-refractivity contribution in [3.63, 3.8) is 0 Å². The predicted octanol–water partition coefficient (Wildman–Crippen LogP) is 2.76. The molecule has 3 saturated heterocycles. The van der Waals surface area contributed by atoms with Gasteiger partial charge in [0.25, 0.3) is 0 Å². The lowest BCUT2D eigenvalue weighted by Crippen LogP contribution is -2.57. The van der Waals surface area contributed by atoms with E-state index in [1.807, 2.05) is 25.2 Å². The number of aliphatic hydroxyl groups excluding tert-OH is 1. The summed E-state index contributed by atoms with van der Waals surface area (Å²) in [5.41, 5.74) is 3.06. The first-order valence-corrected chi connectivity index (χ1v) is 8.23. The Labute approximate surface area is 133 Å². The average molecular weight is 298 g/mol. The first kappa shape index (κ1) is 15.4. The Kier molecular flexibility index (Phi) is 4.46. The molecular weight excluding hydrogens is 272 g/mol. The minimum atomic E-state index is -0.420. The Bertz CT molecular complexity index is 570. The van der Waals surface area contributed by atoms with Crippen LogP contribution in [0.5, 0.6) is 0 Å². The summed E-state index contributed by atoms with van der Waals surface area (Å²) >= 11 is 0. The van der Waals surface area contributed by atoms with E-state index in [0.29, 0.717) is 11.8 Å². The van der Waals surface area contributed by atoms with Gasteiger partial charge in [0, 0.05) is 25.2 Å². The Morgan fingerprint density at radius 2 is 2.23 bits per heavy atom. The molecule has 3 heterocycles. The second-order valence-corrected chi connectivity index (χ2v) is 6.61. The molecule has 118 valence electrons. The van der Waals surface area contributed by atoms with Crippen molar-refractivity contribution in [2.75, 3.05) is 20.1 Å². The van der Waals surface area contributed by atoms with Crippen molar-refractivity contribution < 1.29 is 5.11 Å². The number of piperidine rings is 3. The summed E-state index contributed by atoms with van der Waals surface area (Å²) in [6, 6.07) is 0.236. The quantitative estimate of drug-likeness (QED) is 0.813. The third-order valence-corrected chi connectivity index (χ3v) is 5.53. The Hall–Kier alpha value is -1.45. The van der Waals surface area contributed by atoms with Crippen LogP contribution in [0.25, 0.3) is 0 Å². The Balaban J connectivity index is 1.83. The Morgan fingerprint density at radius 1 is 1.45 bits per heavy atom. The molecule has 0 amide bonds. The van der Waals surface area contributed by atoms with Crippen LogP contribution < -0.4 is 0 Å². The van der Waals surface area contributed by atoms with Crippen LogP contribution >= 0.6 is 0 Å². The summed E-state index contributed by atoms with van der Waals surface area (Å²) in [5.74, 6) is 1.27. The van der Waals surface area contributed by atoms with Crippen molar-refractivity contribution >= 4 is 5.71 Å². The molecule has 3 heteroatoms. The summed E-state index contributed by atoms with van der Waals surface area (Å²) in [5, 5.41) is 11.0. The minimum Gasteiger partial charge on any atom is -0.387 e. The molecule has 0 aromatic heterocycles. The predicted molar refractivity (Wildman–Crippen MR) is 92.1 cm³/mol. The lowest BCUT2D eigenvalue weighted by Gasteiger charge is -2.50. The normalized spacial score (nSPS) is 39.1. The second-order valence-electron chi connectivity index (χ2n) is 6.61. The van der Waals surface area contributed by atoms with Crippen molar-refractivity contribution in [1.82, 2.24) is 4.90 Å². The second kappa shape index (κ2) is 6.35. The highest BCUT2D eigenvalue weighted by molar-refractivity contribution is 6.12. The molecule has 0 spiro atoms. The van der Waals surface area contributed by atoms with Gasteiger partial charge in [0.05, 0.1) is 11.8 Å². The van der Waals surface area contributed by atoms with Crippen molar-refractivity contribution in [1.29, 1.82) is 0 Å². The highest BCUT2D eigenvalue weighted by atomic mass is 16.3. The fourth-order valence-electron chi connectivity index (χ4n) is 4.16. The number of aliphatic hydroxyl groups is 1. The van der Waals surface area contributed by atoms with Crippen LogP contribution in [0.3, 0.4) is 0 Å². The van der Waals surface area contributed by atoms with Crippen molar-refractivity contribution in [3.05, 3.63) is 48.1 Å². The third-order valence-electron chi connectivity index (χ3n) is 5.53. The smallest absolute Gasteiger partial charge is 0.0912 e. The minimum absolute atomic E-state index is 0.236. The molecule has 0 aromatic rings. The molecule has 1 aliphatic carbocycles. The van der Waals surface area contributed by atoms with Crippen LogP contribution in [0, 0.1) is 11.8 Å². The molecule has 0 aromatic carbocycles. The molecule has 5 atom stereocenters. The molecule has 3 nitrogen and oxygen atoms in total. The molecule has 22 heavy (non-hydrogen) atoms. The number of fused-ring (bicyclic) bond motifs is 3. The molecule has 1 unspecified atom stereocenters. The maximum absolute atomic E-state index is 11.0. The van der Waals surface area contributed by atoms with Gasteiger partial charge in [-0.25, -0.2) is 0 Å². The van der Waals surface area contributed by atoms with Gasteiger partial charge in [-0.15, -0.1) is 6.58 Å². The van der Waals surface area contributed by atoms with E-state index in [1.165, 1.54) is 6.42 Å². The number of allylic oxidation sites excluding steroid dienone is 5. The largest absolute Gasteiger partial charge is 0.387 e. The summed E-state index contributed by atoms with van der Waals surface area (Å²) < 4.78 is 0. The number of nitrogens with zero attached hydrogens (tertiary/aromatic N) is 2. The monoisotopic (exact) mass is 298 g/mol. The summed E-state index contributed by atoms with van der Waals surface area (Å²) in [6.07, 6.45) is 12.1. The summed E-state index contributed by atoms with van der Waals surface area (Å²) in [4.78, 5) is 6.78. The number of aliphatic imine (C=N–C) groups is 1. The lowest BCUT2D eigenvalue weighted by molar-refractivity contribution is -0.0318. The first-order chi connectivity index (χ1) is 10.7. The van der Waals surface area contributed by atoms with Gasteiger partial charge in [-0.3, -0.25) is 9.89 Å². The lowest BCUT2D eigenvalue weighted by atomic mass is 9.73. The van der Waals surface area contributed by atoms with Gasteiger partial charge in [0.2, 0.25) is 0 Å². The fourth-order valence-corrected chi connectivity index (χ4v) is 4.16.